The Morgan fingerprint density at radius 2 is 2.00 bits per heavy atom. The van der Waals surface area contributed by atoms with Gasteiger partial charge in [0.05, 0.1) is 18.8 Å². The molecule has 1 atom stereocenters. The predicted molar refractivity (Wildman–Crippen MR) is 125 cm³/mol. The van der Waals surface area contributed by atoms with Crippen molar-refractivity contribution in [1.29, 1.82) is 0 Å². The molecule has 1 fully saturated rings. The molecule has 2 aromatic carbocycles. The summed E-state index contributed by atoms with van der Waals surface area (Å²) in [5.41, 5.74) is 3.24. The van der Waals surface area contributed by atoms with Gasteiger partial charge in [-0.05, 0) is 31.4 Å². The van der Waals surface area contributed by atoms with Crippen LogP contribution >= 0.6 is 0 Å². The van der Waals surface area contributed by atoms with Gasteiger partial charge in [-0.1, -0.05) is 42.5 Å². The second-order valence-corrected chi connectivity index (χ2v) is 7.82. The van der Waals surface area contributed by atoms with Gasteiger partial charge < -0.3 is 24.5 Å². The molecule has 32 heavy (non-hydrogen) atoms. The third kappa shape index (κ3) is 5.88. The number of nitrogens with zero attached hydrogens (tertiary/aromatic N) is 2. The molecule has 7 heteroatoms. The Hall–Kier alpha value is -3.32. The number of ether oxygens (including phenoxy) is 2. The Morgan fingerprint density at radius 3 is 2.78 bits per heavy atom. The third-order valence-corrected chi connectivity index (χ3v) is 5.36. The van der Waals surface area contributed by atoms with Crippen LogP contribution in [0.4, 0.5) is 0 Å². The molecule has 2 N–H and O–H groups in total. The van der Waals surface area contributed by atoms with Crippen molar-refractivity contribution in [3.8, 4) is 17.1 Å². The number of hydrogen-bond acceptors (Lipinski definition) is 5. The van der Waals surface area contributed by atoms with Gasteiger partial charge in [0.1, 0.15) is 12.4 Å². The highest BCUT2D eigenvalue weighted by Crippen LogP contribution is 2.22. The summed E-state index contributed by atoms with van der Waals surface area (Å²) in [7, 11) is 1.74. The fraction of sp³-hybridized carbons (Fsp3) is 0.360. The van der Waals surface area contributed by atoms with Crippen molar-refractivity contribution in [2.75, 3.05) is 20.3 Å². The number of aryl methyl sites for hydroxylation is 1. The van der Waals surface area contributed by atoms with Crippen LogP contribution in [0, 0.1) is 6.92 Å². The number of aromatic nitrogens is 1. The minimum Gasteiger partial charge on any atom is -0.491 e. The third-order valence-electron chi connectivity index (χ3n) is 5.36. The number of benzene rings is 2. The van der Waals surface area contributed by atoms with E-state index in [1.807, 2.05) is 30.3 Å². The molecule has 0 aliphatic carbocycles. The van der Waals surface area contributed by atoms with Gasteiger partial charge in [-0.2, -0.15) is 0 Å². The van der Waals surface area contributed by atoms with E-state index >= 15 is 0 Å². The SMILES string of the molecule is CN=C(NCc1ncc(-c2ccccc2)o1)NCc1ccc(C)cc1OCC1CCCO1. The maximum atomic E-state index is 6.09. The highest BCUT2D eigenvalue weighted by molar-refractivity contribution is 5.79. The van der Waals surface area contributed by atoms with E-state index < -0.39 is 0 Å². The van der Waals surface area contributed by atoms with Crippen LogP contribution in [0.2, 0.25) is 0 Å². The molecule has 1 saturated heterocycles. The smallest absolute Gasteiger partial charge is 0.214 e. The number of rotatable bonds is 8. The average molecular weight is 435 g/mol. The lowest BCUT2D eigenvalue weighted by molar-refractivity contribution is 0.0676. The topological polar surface area (TPSA) is 80.9 Å². The zero-order valence-corrected chi connectivity index (χ0v) is 18.6. The van der Waals surface area contributed by atoms with Crippen molar-refractivity contribution in [3.05, 3.63) is 71.7 Å². The molecule has 1 unspecified atom stereocenters. The highest BCUT2D eigenvalue weighted by Gasteiger charge is 2.17. The van der Waals surface area contributed by atoms with Crippen LogP contribution in [0.5, 0.6) is 5.75 Å². The van der Waals surface area contributed by atoms with Crippen molar-refractivity contribution >= 4 is 5.96 Å². The van der Waals surface area contributed by atoms with Gasteiger partial charge in [0.2, 0.25) is 5.89 Å². The Kier molecular flexibility index (Phi) is 7.40. The molecular formula is C25H30N4O3. The lowest BCUT2D eigenvalue weighted by atomic mass is 10.1. The number of hydrogen-bond donors (Lipinski definition) is 2. The molecule has 3 aromatic rings. The van der Waals surface area contributed by atoms with Gasteiger partial charge in [-0.3, -0.25) is 4.99 Å². The second kappa shape index (κ2) is 10.8. The largest absolute Gasteiger partial charge is 0.491 e. The summed E-state index contributed by atoms with van der Waals surface area (Å²) in [6.07, 6.45) is 4.09. The van der Waals surface area contributed by atoms with Crippen molar-refractivity contribution in [3.63, 3.8) is 0 Å². The molecule has 168 valence electrons. The van der Waals surface area contributed by atoms with E-state index in [2.05, 4.69) is 45.7 Å². The Labute approximate surface area is 188 Å². The minimum absolute atomic E-state index is 0.187. The summed E-state index contributed by atoms with van der Waals surface area (Å²) >= 11 is 0. The second-order valence-electron chi connectivity index (χ2n) is 7.82. The van der Waals surface area contributed by atoms with Gasteiger partial charge in [-0.25, -0.2) is 4.98 Å². The first-order chi connectivity index (χ1) is 15.7. The Morgan fingerprint density at radius 1 is 1.16 bits per heavy atom. The van der Waals surface area contributed by atoms with E-state index in [1.165, 1.54) is 0 Å². The quantitative estimate of drug-likeness (QED) is 0.411. The lowest BCUT2D eigenvalue weighted by Gasteiger charge is -2.17. The molecule has 0 saturated carbocycles. The number of nitrogens with one attached hydrogen (secondary N) is 2. The molecule has 1 aromatic heterocycles. The molecule has 0 spiro atoms. The fourth-order valence-corrected chi connectivity index (χ4v) is 3.59. The van der Waals surface area contributed by atoms with Crippen LogP contribution in [-0.4, -0.2) is 37.3 Å². The van der Waals surface area contributed by atoms with Crippen LogP contribution in [0.15, 0.2) is 64.1 Å². The number of guanidine groups is 1. The standard InChI is InChI=1S/C25H30N4O3/c1-18-10-11-20(22(13-18)31-17-21-9-6-12-30-21)14-28-25(26-2)29-16-24-27-15-23(32-24)19-7-4-3-5-8-19/h3-5,7-8,10-11,13,15,21H,6,9,12,14,16-17H2,1-2H3,(H2,26,28,29). The maximum absolute atomic E-state index is 6.09. The highest BCUT2D eigenvalue weighted by atomic mass is 16.5. The van der Waals surface area contributed by atoms with E-state index in [0.29, 0.717) is 31.5 Å². The Balaban J connectivity index is 1.31. The van der Waals surface area contributed by atoms with E-state index in [-0.39, 0.29) is 6.10 Å². The van der Waals surface area contributed by atoms with E-state index in [1.54, 1.807) is 13.2 Å². The molecule has 0 amide bonds. The van der Waals surface area contributed by atoms with Gasteiger partial charge in [0, 0.05) is 31.3 Å². The van der Waals surface area contributed by atoms with Crippen molar-refractivity contribution in [2.45, 2.75) is 39.0 Å². The normalized spacial score (nSPS) is 16.2. The molecule has 1 aliphatic rings. The summed E-state index contributed by atoms with van der Waals surface area (Å²) < 4.78 is 17.6. The van der Waals surface area contributed by atoms with Gasteiger partial charge >= 0.3 is 0 Å². The average Bonchev–Trinajstić information content (AvgIpc) is 3.52. The summed E-state index contributed by atoms with van der Waals surface area (Å²) in [5.74, 6) is 2.89. The van der Waals surface area contributed by atoms with E-state index in [9.17, 15) is 0 Å². The van der Waals surface area contributed by atoms with E-state index in [0.717, 1.165) is 47.6 Å². The van der Waals surface area contributed by atoms with Gasteiger partial charge in [-0.15, -0.1) is 0 Å². The first kappa shape index (κ1) is 21.9. The first-order valence-electron chi connectivity index (χ1n) is 11.0. The molecule has 4 rings (SSSR count). The maximum Gasteiger partial charge on any atom is 0.214 e. The van der Waals surface area contributed by atoms with Crippen molar-refractivity contribution in [2.24, 2.45) is 4.99 Å². The first-order valence-corrected chi connectivity index (χ1v) is 11.0. The summed E-state index contributed by atoms with van der Waals surface area (Å²) in [5, 5.41) is 6.59. The molecule has 7 nitrogen and oxygen atoms in total. The predicted octanol–water partition coefficient (Wildman–Crippen LogP) is 4.07. The van der Waals surface area contributed by atoms with Crippen LogP contribution in [0.25, 0.3) is 11.3 Å². The van der Waals surface area contributed by atoms with Gasteiger partial charge in [0.15, 0.2) is 11.7 Å². The molecule has 0 bridgehead atoms. The molecule has 1 aliphatic heterocycles. The van der Waals surface area contributed by atoms with Crippen LogP contribution in [0.1, 0.15) is 29.9 Å². The lowest BCUT2D eigenvalue weighted by Crippen LogP contribution is -2.36. The summed E-state index contributed by atoms with van der Waals surface area (Å²) in [6, 6.07) is 16.2. The molecule has 2 heterocycles. The number of oxazole rings is 1. The fourth-order valence-electron chi connectivity index (χ4n) is 3.59. The van der Waals surface area contributed by atoms with E-state index in [4.69, 9.17) is 13.9 Å². The van der Waals surface area contributed by atoms with Crippen LogP contribution in [0.3, 0.4) is 0 Å². The zero-order valence-electron chi connectivity index (χ0n) is 18.6. The number of aliphatic imine (C=N–C) groups is 1. The Bertz CT molecular complexity index is 1030. The van der Waals surface area contributed by atoms with Crippen molar-refractivity contribution in [1.82, 2.24) is 15.6 Å². The molecular weight excluding hydrogens is 404 g/mol. The van der Waals surface area contributed by atoms with Crippen LogP contribution in [-0.2, 0) is 17.8 Å². The van der Waals surface area contributed by atoms with Gasteiger partial charge in [0.25, 0.3) is 0 Å². The van der Waals surface area contributed by atoms with Crippen LogP contribution < -0.4 is 15.4 Å². The molecule has 0 radical (unpaired) electrons. The van der Waals surface area contributed by atoms with Crippen molar-refractivity contribution < 1.29 is 13.9 Å². The zero-order chi connectivity index (χ0) is 22.2. The monoisotopic (exact) mass is 434 g/mol. The summed E-state index contributed by atoms with van der Waals surface area (Å²) in [6.45, 7) is 4.49. The summed E-state index contributed by atoms with van der Waals surface area (Å²) in [4.78, 5) is 8.66. The minimum atomic E-state index is 0.187.